The van der Waals surface area contributed by atoms with Gasteiger partial charge in [0.15, 0.2) is 0 Å². The van der Waals surface area contributed by atoms with Crippen molar-refractivity contribution in [3.8, 4) is 0 Å². The number of nitrogens with one attached hydrogen (secondary N) is 1. The SMILES string of the molecule is CCNS(=O)(=O)c1ccccc1CN.Cl. The summed E-state index contributed by atoms with van der Waals surface area (Å²) in [6.45, 7) is 2.34. The predicted octanol–water partition coefficient (Wildman–Crippen LogP) is 0.865. The molecule has 0 aliphatic heterocycles. The van der Waals surface area contributed by atoms with E-state index >= 15 is 0 Å². The molecule has 86 valence electrons. The van der Waals surface area contributed by atoms with E-state index in [-0.39, 0.29) is 23.8 Å². The van der Waals surface area contributed by atoms with Crippen LogP contribution in [0.15, 0.2) is 29.2 Å². The first-order valence-corrected chi connectivity index (χ1v) is 5.87. The highest BCUT2D eigenvalue weighted by Crippen LogP contribution is 2.13. The van der Waals surface area contributed by atoms with E-state index in [1.165, 1.54) is 0 Å². The van der Waals surface area contributed by atoms with Gasteiger partial charge in [0, 0.05) is 13.1 Å². The fourth-order valence-electron chi connectivity index (χ4n) is 1.20. The third-order valence-electron chi connectivity index (χ3n) is 1.82. The minimum absolute atomic E-state index is 0. The second-order valence-electron chi connectivity index (χ2n) is 2.81. The summed E-state index contributed by atoms with van der Waals surface area (Å²) in [4.78, 5) is 0.268. The summed E-state index contributed by atoms with van der Waals surface area (Å²) in [6, 6.07) is 6.72. The molecule has 0 aliphatic rings. The molecular formula is C9H15ClN2O2S. The lowest BCUT2D eigenvalue weighted by Crippen LogP contribution is -2.24. The highest BCUT2D eigenvalue weighted by atomic mass is 35.5. The van der Waals surface area contributed by atoms with Crippen molar-refractivity contribution in [2.75, 3.05) is 6.54 Å². The zero-order valence-corrected chi connectivity index (χ0v) is 10.1. The standard InChI is InChI=1S/C9H14N2O2S.ClH/c1-2-11-14(12,13)9-6-4-3-5-8(9)7-10;/h3-6,11H,2,7,10H2,1H3;1H. The van der Waals surface area contributed by atoms with Gasteiger partial charge in [-0.05, 0) is 11.6 Å². The van der Waals surface area contributed by atoms with Crippen molar-refractivity contribution >= 4 is 22.4 Å². The maximum atomic E-state index is 11.6. The molecule has 0 bridgehead atoms. The zero-order chi connectivity index (χ0) is 10.6. The summed E-state index contributed by atoms with van der Waals surface area (Å²) in [5.74, 6) is 0. The molecule has 0 saturated heterocycles. The van der Waals surface area contributed by atoms with Gasteiger partial charge >= 0.3 is 0 Å². The molecule has 6 heteroatoms. The molecule has 0 aromatic heterocycles. The van der Waals surface area contributed by atoms with Gasteiger partial charge in [-0.1, -0.05) is 25.1 Å². The third kappa shape index (κ3) is 3.46. The largest absolute Gasteiger partial charge is 0.326 e. The zero-order valence-electron chi connectivity index (χ0n) is 8.43. The summed E-state index contributed by atoms with van der Waals surface area (Å²) in [6.07, 6.45) is 0. The molecule has 0 radical (unpaired) electrons. The van der Waals surface area contributed by atoms with Gasteiger partial charge in [0.05, 0.1) is 4.90 Å². The van der Waals surface area contributed by atoms with E-state index in [1.54, 1.807) is 31.2 Å². The molecule has 0 amide bonds. The number of hydrogen-bond donors (Lipinski definition) is 2. The van der Waals surface area contributed by atoms with E-state index < -0.39 is 10.0 Å². The van der Waals surface area contributed by atoms with E-state index in [1.807, 2.05) is 0 Å². The van der Waals surface area contributed by atoms with E-state index in [9.17, 15) is 8.42 Å². The quantitative estimate of drug-likeness (QED) is 0.833. The topological polar surface area (TPSA) is 72.2 Å². The molecule has 0 spiro atoms. The van der Waals surface area contributed by atoms with Crippen molar-refractivity contribution in [1.82, 2.24) is 4.72 Å². The summed E-state index contributed by atoms with van der Waals surface area (Å²) < 4.78 is 25.7. The third-order valence-corrected chi connectivity index (χ3v) is 3.46. The summed E-state index contributed by atoms with van der Waals surface area (Å²) in [5, 5.41) is 0. The molecule has 0 unspecified atom stereocenters. The Balaban J connectivity index is 0.00000196. The fourth-order valence-corrected chi connectivity index (χ4v) is 2.49. The molecule has 0 aliphatic carbocycles. The molecule has 15 heavy (non-hydrogen) atoms. The second-order valence-corrected chi connectivity index (χ2v) is 4.55. The van der Waals surface area contributed by atoms with Crippen LogP contribution in [0.3, 0.4) is 0 Å². The number of hydrogen-bond acceptors (Lipinski definition) is 3. The van der Waals surface area contributed by atoms with Crippen molar-refractivity contribution in [1.29, 1.82) is 0 Å². The average Bonchev–Trinajstić information content (AvgIpc) is 2.18. The van der Waals surface area contributed by atoms with Crippen molar-refractivity contribution in [2.45, 2.75) is 18.4 Å². The lowest BCUT2D eigenvalue weighted by Gasteiger charge is -2.08. The lowest BCUT2D eigenvalue weighted by molar-refractivity contribution is 0.582. The maximum Gasteiger partial charge on any atom is 0.240 e. The number of benzene rings is 1. The lowest BCUT2D eigenvalue weighted by atomic mass is 10.2. The van der Waals surface area contributed by atoms with E-state index in [2.05, 4.69) is 4.72 Å². The molecule has 0 fully saturated rings. The van der Waals surface area contributed by atoms with Gasteiger partial charge in [0.1, 0.15) is 0 Å². The monoisotopic (exact) mass is 250 g/mol. The first kappa shape index (κ1) is 14.4. The molecule has 0 heterocycles. The molecule has 0 atom stereocenters. The van der Waals surface area contributed by atoms with E-state index in [4.69, 9.17) is 5.73 Å². The number of sulfonamides is 1. The number of rotatable bonds is 4. The Morgan fingerprint density at radius 2 is 1.93 bits per heavy atom. The van der Waals surface area contributed by atoms with Crippen LogP contribution in [0.1, 0.15) is 12.5 Å². The van der Waals surface area contributed by atoms with Crippen LogP contribution in [0.2, 0.25) is 0 Å². The second kappa shape index (κ2) is 6.07. The Labute approximate surface area is 96.3 Å². The number of nitrogens with two attached hydrogens (primary N) is 1. The fraction of sp³-hybridized carbons (Fsp3) is 0.333. The molecule has 1 aromatic carbocycles. The average molecular weight is 251 g/mol. The van der Waals surface area contributed by atoms with Crippen LogP contribution in [0.4, 0.5) is 0 Å². The highest BCUT2D eigenvalue weighted by Gasteiger charge is 2.15. The van der Waals surface area contributed by atoms with Crippen molar-refractivity contribution in [2.24, 2.45) is 5.73 Å². The summed E-state index contributed by atoms with van der Waals surface area (Å²) in [7, 11) is -3.38. The van der Waals surface area contributed by atoms with Gasteiger partial charge in [0.2, 0.25) is 10.0 Å². The van der Waals surface area contributed by atoms with Gasteiger partial charge in [0.25, 0.3) is 0 Å². The van der Waals surface area contributed by atoms with Crippen LogP contribution < -0.4 is 10.5 Å². The Kier molecular flexibility index (Phi) is 5.82. The Morgan fingerprint density at radius 1 is 1.33 bits per heavy atom. The molecule has 1 rings (SSSR count). The van der Waals surface area contributed by atoms with Crippen LogP contribution in [-0.2, 0) is 16.6 Å². The first-order chi connectivity index (χ1) is 6.61. The molecule has 3 N–H and O–H groups in total. The molecular weight excluding hydrogens is 236 g/mol. The van der Waals surface area contributed by atoms with Gasteiger partial charge in [-0.3, -0.25) is 0 Å². The van der Waals surface area contributed by atoms with Crippen molar-refractivity contribution < 1.29 is 8.42 Å². The summed E-state index contributed by atoms with van der Waals surface area (Å²) >= 11 is 0. The van der Waals surface area contributed by atoms with Crippen LogP contribution in [0.25, 0.3) is 0 Å². The van der Waals surface area contributed by atoms with Crippen LogP contribution in [-0.4, -0.2) is 15.0 Å². The van der Waals surface area contributed by atoms with Gasteiger partial charge < -0.3 is 5.73 Å². The minimum Gasteiger partial charge on any atom is -0.326 e. The van der Waals surface area contributed by atoms with E-state index in [0.29, 0.717) is 12.1 Å². The van der Waals surface area contributed by atoms with Crippen molar-refractivity contribution in [3.05, 3.63) is 29.8 Å². The van der Waals surface area contributed by atoms with Crippen LogP contribution >= 0.6 is 12.4 Å². The first-order valence-electron chi connectivity index (χ1n) is 4.39. The van der Waals surface area contributed by atoms with Gasteiger partial charge in [-0.15, -0.1) is 12.4 Å². The predicted molar refractivity (Wildman–Crippen MR) is 62.4 cm³/mol. The summed E-state index contributed by atoms with van der Waals surface area (Å²) in [5.41, 5.74) is 6.08. The number of halogens is 1. The molecule has 4 nitrogen and oxygen atoms in total. The minimum atomic E-state index is -3.38. The normalized spacial score (nSPS) is 10.8. The van der Waals surface area contributed by atoms with Crippen LogP contribution in [0, 0.1) is 0 Å². The Bertz CT molecular complexity index is 406. The maximum absolute atomic E-state index is 11.6. The van der Waals surface area contributed by atoms with Crippen LogP contribution in [0.5, 0.6) is 0 Å². The molecule has 1 aromatic rings. The van der Waals surface area contributed by atoms with Gasteiger partial charge in [-0.2, -0.15) is 0 Å². The Morgan fingerprint density at radius 3 is 2.47 bits per heavy atom. The smallest absolute Gasteiger partial charge is 0.240 e. The van der Waals surface area contributed by atoms with E-state index in [0.717, 1.165) is 0 Å². The Hall–Kier alpha value is -0.620. The van der Waals surface area contributed by atoms with Gasteiger partial charge in [-0.25, -0.2) is 13.1 Å². The highest BCUT2D eigenvalue weighted by molar-refractivity contribution is 7.89. The molecule has 0 saturated carbocycles. The van der Waals surface area contributed by atoms with Crippen molar-refractivity contribution in [3.63, 3.8) is 0 Å².